The molecule has 1 amide bonds. The van der Waals surface area contributed by atoms with Crippen molar-refractivity contribution in [2.45, 2.75) is 17.3 Å². The van der Waals surface area contributed by atoms with E-state index in [1.165, 1.54) is 11.8 Å². The maximum atomic E-state index is 11.4. The highest BCUT2D eigenvalue weighted by molar-refractivity contribution is 8.00. The van der Waals surface area contributed by atoms with Gasteiger partial charge in [-0.3, -0.25) is 4.79 Å². The molecule has 0 radical (unpaired) electrons. The lowest BCUT2D eigenvalue weighted by atomic mass is 10.4. The number of H-pyrrole nitrogens is 1. The van der Waals surface area contributed by atoms with Crippen molar-refractivity contribution in [3.8, 4) is 0 Å². The minimum absolute atomic E-state index is 0.00806. The Balaban J connectivity index is 2.37. The van der Waals surface area contributed by atoms with Gasteiger partial charge in [0, 0.05) is 18.9 Å². The van der Waals surface area contributed by atoms with E-state index in [-0.39, 0.29) is 11.2 Å². The predicted octanol–water partition coefficient (Wildman–Crippen LogP) is 1.19. The number of aromatic amines is 1. The second-order valence-electron chi connectivity index (χ2n) is 2.69. The number of aromatic nitrogens is 2. The Kier molecular flexibility index (Phi) is 4.25. The molecule has 0 bridgehead atoms. The van der Waals surface area contributed by atoms with Crippen molar-refractivity contribution in [3.63, 3.8) is 0 Å². The molecule has 0 spiro atoms. The Labute approximate surface area is 87.2 Å². The van der Waals surface area contributed by atoms with Crippen molar-refractivity contribution in [1.29, 1.82) is 0 Å². The van der Waals surface area contributed by atoms with Gasteiger partial charge in [-0.2, -0.15) is 0 Å². The van der Waals surface area contributed by atoms with E-state index in [9.17, 15) is 4.79 Å². The number of amides is 1. The van der Waals surface area contributed by atoms with E-state index in [2.05, 4.69) is 21.9 Å². The van der Waals surface area contributed by atoms with Crippen molar-refractivity contribution >= 4 is 17.7 Å². The Hall–Kier alpha value is -1.23. The molecule has 1 atom stereocenters. The summed E-state index contributed by atoms with van der Waals surface area (Å²) in [5.74, 6) is -0.00806. The van der Waals surface area contributed by atoms with Crippen molar-refractivity contribution in [2.75, 3.05) is 6.54 Å². The molecule has 0 saturated carbocycles. The van der Waals surface area contributed by atoms with Crippen LogP contribution in [0.2, 0.25) is 0 Å². The van der Waals surface area contributed by atoms with E-state index in [1.54, 1.807) is 18.5 Å². The summed E-state index contributed by atoms with van der Waals surface area (Å²) in [6, 6.07) is 0. The fraction of sp³-hybridized carbons (Fsp3) is 0.333. The van der Waals surface area contributed by atoms with Gasteiger partial charge in [-0.05, 0) is 6.92 Å². The van der Waals surface area contributed by atoms with Crippen LogP contribution < -0.4 is 5.32 Å². The van der Waals surface area contributed by atoms with Gasteiger partial charge in [-0.1, -0.05) is 17.8 Å². The largest absolute Gasteiger partial charge is 0.352 e. The van der Waals surface area contributed by atoms with E-state index in [0.29, 0.717) is 6.54 Å². The van der Waals surface area contributed by atoms with Crippen LogP contribution in [0.5, 0.6) is 0 Å². The molecular weight excluding hydrogens is 198 g/mol. The van der Waals surface area contributed by atoms with Crippen molar-refractivity contribution < 1.29 is 4.79 Å². The second-order valence-corrected chi connectivity index (χ2v) is 4.02. The van der Waals surface area contributed by atoms with Crippen LogP contribution in [0.25, 0.3) is 0 Å². The van der Waals surface area contributed by atoms with Crippen LogP contribution in [0.1, 0.15) is 6.92 Å². The summed E-state index contributed by atoms with van der Waals surface area (Å²) in [6.07, 6.45) is 5.05. The zero-order valence-corrected chi connectivity index (χ0v) is 8.80. The molecule has 1 unspecified atom stereocenters. The zero-order chi connectivity index (χ0) is 10.4. The van der Waals surface area contributed by atoms with Crippen LogP contribution in [-0.2, 0) is 4.79 Å². The van der Waals surface area contributed by atoms with Gasteiger partial charge in [0.1, 0.15) is 0 Å². The molecular formula is C9H13N3OS. The molecule has 1 heterocycles. The first-order valence-corrected chi connectivity index (χ1v) is 5.16. The average molecular weight is 211 g/mol. The number of rotatable bonds is 5. The van der Waals surface area contributed by atoms with Gasteiger partial charge in [0.2, 0.25) is 5.91 Å². The van der Waals surface area contributed by atoms with E-state index in [1.807, 2.05) is 6.92 Å². The molecule has 0 saturated heterocycles. The Morgan fingerprint density at radius 1 is 1.93 bits per heavy atom. The van der Waals surface area contributed by atoms with Crippen LogP contribution >= 0.6 is 11.8 Å². The van der Waals surface area contributed by atoms with E-state index in [0.717, 1.165) is 5.16 Å². The lowest BCUT2D eigenvalue weighted by Gasteiger charge is -2.08. The summed E-state index contributed by atoms with van der Waals surface area (Å²) in [4.78, 5) is 18.4. The number of nitrogens with one attached hydrogen (secondary N) is 2. The summed E-state index contributed by atoms with van der Waals surface area (Å²) in [5, 5.41) is 3.33. The molecule has 0 aromatic carbocycles. The van der Waals surface area contributed by atoms with E-state index in [4.69, 9.17) is 0 Å². The normalized spacial score (nSPS) is 12.1. The fourth-order valence-corrected chi connectivity index (χ4v) is 1.64. The SMILES string of the molecule is C=CCNC(=O)C(C)Sc1ncc[nH]1. The minimum atomic E-state index is -0.152. The highest BCUT2D eigenvalue weighted by atomic mass is 32.2. The topological polar surface area (TPSA) is 57.8 Å². The van der Waals surface area contributed by atoms with Gasteiger partial charge in [-0.15, -0.1) is 6.58 Å². The lowest BCUT2D eigenvalue weighted by Crippen LogP contribution is -2.30. The van der Waals surface area contributed by atoms with Crippen molar-refractivity contribution in [3.05, 3.63) is 25.0 Å². The number of imidazole rings is 1. The minimum Gasteiger partial charge on any atom is -0.352 e. The Morgan fingerprint density at radius 3 is 3.29 bits per heavy atom. The second kappa shape index (κ2) is 5.49. The molecule has 0 aliphatic carbocycles. The Bertz CT molecular complexity index is 297. The van der Waals surface area contributed by atoms with Crippen LogP contribution in [0.15, 0.2) is 30.2 Å². The van der Waals surface area contributed by atoms with Gasteiger partial charge in [0.25, 0.3) is 0 Å². The van der Waals surface area contributed by atoms with Gasteiger partial charge < -0.3 is 10.3 Å². The first-order valence-electron chi connectivity index (χ1n) is 4.28. The van der Waals surface area contributed by atoms with Crippen LogP contribution in [0.3, 0.4) is 0 Å². The third-order valence-electron chi connectivity index (χ3n) is 1.55. The first kappa shape index (κ1) is 10.8. The third-order valence-corrected chi connectivity index (χ3v) is 2.57. The number of hydrogen-bond acceptors (Lipinski definition) is 3. The van der Waals surface area contributed by atoms with E-state index < -0.39 is 0 Å². The highest BCUT2D eigenvalue weighted by Crippen LogP contribution is 2.18. The van der Waals surface area contributed by atoms with Gasteiger partial charge in [-0.25, -0.2) is 4.98 Å². The predicted molar refractivity (Wildman–Crippen MR) is 57.1 cm³/mol. The molecule has 4 nitrogen and oxygen atoms in total. The lowest BCUT2D eigenvalue weighted by molar-refractivity contribution is -0.120. The number of carbonyl (C=O) groups excluding carboxylic acids is 1. The molecule has 1 rings (SSSR count). The van der Waals surface area contributed by atoms with Gasteiger partial charge in [0.15, 0.2) is 5.16 Å². The molecule has 1 aromatic heterocycles. The molecule has 5 heteroatoms. The van der Waals surface area contributed by atoms with E-state index >= 15 is 0 Å². The van der Waals surface area contributed by atoms with Crippen LogP contribution in [0.4, 0.5) is 0 Å². The fourth-order valence-electron chi connectivity index (χ4n) is 0.853. The molecule has 0 aliphatic rings. The molecule has 14 heavy (non-hydrogen) atoms. The van der Waals surface area contributed by atoms with Crippen molar-refractivity contribution in [2.24, 2.45) is 0 Å². The maximum absolute atomic E-state index is 11.4. The first-order chi connectivity index (χ1) is 6.74. The highest BCUT2D eigenvalue weighted by Gasteiger charge is 2.14. The number of thioether (sulfide) groups is 1. The molecule has 0 aliphatic heterocycles. The number of nitrogens with zero attached hydrogens (tertiary/aromatic N) is 1. The summed E-state index contributed by atoms with van der Waals surface area (Å²) >= 11 is 1.40. The molecule has 2 N–H and O–H groups in total. The standard InChI is InChI=1S/C9H13N3OS/c1-3-4-10-8(13)7(2)14-9-11-5-6-12-9/h3,5-7H,1,4H2,2H3,(H,10,13)(H,11,12). The third kappa shape index (κ3) is 3.26. The Morgan fingerprint density at radius 2 is 2.71 bits per heavy atom. The number of carbonyl (C=O) groups is 1. The molecule has 1 aromatic rings. The zero-order valence-electron chi connectivity index (χ0n) is 7.99. The average Bonchev–Trinajstić information content (AvgIpc) is 2.66. The van der Waals surface area contributed by atoms with Crippen LogP contribution in [-0.4, -0.2) is 27.7 Å². The monoisotopic (exact) mass is 211 g/mol. The van der Waals surface area contributed by atoms with Crippen molar-refractivity contribution in [1.82, 2.24) is 15.3 Å². The van der Waals surface area contributed by atoms with Gasteiger partial charge >= 0.3 is 0 Å². The number of hydrogen-bond donors (Lipinski definition) is 2. The maximum Gasteiger partial charge on any atom is 0.233 e. The molecule has 76 valence electrons. The van der Waals surface area contributed by atoms with Gasteiger partial charge in [0.05, 0.1) is 5.25 Å². The summed E-state index contributed by atoms with van der Waals surface area (Å²) < 4.78 is 0. The summed E-state index contributed by atoms with van der Waals surface area (Å²) in [6.45, 7) is 5.87. The molecule has 0 fully saturated rings. The van der Waals surface area contributed by atoms with Crippen LogP contribution in [0, 0.1) is 0 Å². The quantitative estimate of drug-likeness (QED) is 0.568. The summed E-state index contributed by atoms with van der Waals surface area (Å²) in [7, 11) is 0. The summed E-state index contributed by atoms with van der Waals surface area (Å²) in [5.41, 5.74) is 0. The smallest absolute Gasteiger partial charge is 0.233 e.